The number of hydrogen-bond acceptors (Lipinski definition) is 1. The van der Waals surface area contributed by atoms with E-state index < -0.39 is 6.36 Å². The van der Waals surface area contributed by atoms with Gasteiger partial charge in [0.15, 0.2) is 0 Å². The van der Waals surface area contributed by atoms with Gasteiger partial charge in [0, 0.05) is 3.42 Å². The molecule has 0 N–H and O–H groups in total. The van der Waals surface area contributed by atoms with Crippen LogP contribution >= 0.6 is 22.6 Å². The lowest BCUT2D eigenvalue weighted by molar-refractivity contribution is -0.274. The SMILES string of the molecule is CC1(I)CCCc2c(OC(F)(F)F)cccc21. The van der Waals surface area contributed by atoms with Crippen molar-refractivity contribution in [3.63, 3.8) is 0 Å². The van der Waals surface area contributed by atoms with Crippen molar-refractivity contribution in [2.75, 3.05) is 0 Å². The zero-order valence-electron chi connectivity index (χ0n) is 9.27. The second-order valence-corrected chi connectivity index (χ2v) is 6.76. The highest BCUT2D eigenvalue weighted by Gasteiger charge is 2.35. The number of alkyl halides is 4. The second kappa shape index (κ2) is 4.33. The number of fused-ring (bicyclic) bond motifs is 1. The molecular weight excluding hydrogens is 344 g/mol. The van der Waals surface area contributed by atoms with E-state index >= 15 is 0 Å². The van der Waals surface area contributed by atoms with Crippen LogP contribution in [-0.2, 0) is 9.84 Å². The molecule has 0 fully saturated rings. The molecule has 94 valence electrons. The van der Waals surface area contributed by atoms with Crippen molar-refractivity contribution >= 4 is 22.6 Å². The fourth-order valence-corrected chi connectivity index (χ4v) is 3.15. The number of rotatable bonds is 1. The van der Waals surface area contributed by atoms with Crippen LogP contribution in [0.5, 0.6) is 5.75 Å². The molecule has 0 aromatic heterocycles. The zero-order valence-corrected chi connectivity index (χ0v) is 11.4. The minimum absolute atomic E-state index is 0.0439. The summed E-state index contributed by atoms with van der Waals surface area (Å²) < 4.78 is 40.8. The first kappa shape index (κ1) is 13.0. The first-order chi connectivity index (χ1) is 7.80. The van der Waals surface area contributed by atoms with E-state index in [0.29, 0.717) is 12.0 Å². The summed E-state index contributed by atoms with van der Waals surface area (Å²) in [5.74, 6) is -0.0439. The molecule has 1 aromatic rings. The molecule has 0 bridgehead atoms. The van der Waals surface area contributed by atoms with Crippen molar-refractivity contribution in [1.29, 1.82) is 0 Å². The van der Waals surface area contributed by atoms with Crippen LogP contribution in [-0.4, -0.2) is 6.36 Å². The van der Waals surface area contributed by atoms with Crippen molar-refractivity contribution < 1.29 is 17.9 Å². The van der Waals surface area contributed by atoms with Gasteiger partial charge in [-0.3, -0.25) is 0 Å². The summed E-state index contributed by atoms with van der Waals surface area (Å²) in [6.07, 6.45) is -2.09. The number of halogens is 4. The van der Waals surface area contributed by atoms with Crippen LogP contribution in [0.4, 0.5) is 13.2 Å². The molecule has 1 nitrogen and oxygen atoms in total. The van der Waals surface area contributed by atoms with Gasteiger partial charge < -0.3 is 4.74 Å². The van der Waals surface area contributed by atoms with Crippen LogP contribution in [0.15, 0.2) is 18.2 Å². The fraction of sp³-hybridized carbons (Fsp3) is 0.500. The molecule has 17 heavy (non-hydrogen) atoms. The van der Waals surface area contributed by atoms with Crippen molar-refractivity contribution in [2.45, 2.75) is 36.0 Å². The molecule has 0 saturated heterocycles. The lowest BCUT2D eigenvalue weighted by atomic mass is 9.83. The van der Waals surface area contributed by atoms with E-state index in [-0.39, 0.29) is 9.17 Å². The summed E-state index contributed by atoms with van der Waals surface area (Å²) in [5, 5.41) is 0. The van der Waals surface area contributed by atoms with Crippen LogP contribution in [0.2, 0.25) is 0 Å². The van der Waals surface area contributed by atoms with Gasteiger partial charge in [-0.15, -0.1) is 13.2 Å². The monoisotopic (exact) mass is 356 g/mol. The number of hydrogen-bond donors (Lipinski definition) is 0. The van der Waals surface area contributed by atoms with Crippen LogP contribution < -0.4 is 4.74 Å². The van der Waals surface area contributed by atoms with Gasteiger partial charge in [-0.1, -0.05) is 34.7 Å². The topological polar surface area (TPSA) is 9.23 Å². The first-order valence-electron chi connectivity index (χ1n) is 5.37. The molecule has 0 amide bonds. The molecule has 1 aliphatic rings. The second-order valence-electron chi connectivity index (χ2n) is 4.38. The Labute approximate surface area is 111 Å². The predicted molar refractivity (Wildman–Crippen MR) is 67.4 cm³/mol. The van der Waals surface area contributed by atoms with E-state index in [4.69, 9.17) is 0 Å². The average molecular weight is 356 g/mol. The number of ether oxygens (including phenoxy) is 1. The maximum absolute atomic E-state index is 12.3. The van der Waals surface area contributed by atoms with Gasteiger partial charge in [-0.05, 0) is 43.4 Å². The molecule has 0 spiro atoms. The van der Waals surface area contributed by atoms with Gasteiger partial charge in [0.2, 0.25) is 0 Å². The maximum atomic E-state index is 12.3. The van der Waals surface area contributed by atoms with E-state index in [1.165, 1.54) is 6.07 Å². The minimum Gasteiger partial charge on any atom is -0.405 e. The zero-order chi connectivity index (χ0) is 12.7. The summed E-state index contributed by atoms with van der Waals surface area (Å²) in [5.41, 5.74) is 1.67. The van der Waals surface area contributed by atoms with Crippen molar-refractivity contribution in [1.82, 2.24) is 0 Å². The summed E-state index contributed by atoms with van der Waals surface area (Å²) in [7, 11) is 0. The molecule has 1 aromatic carbocycles. The molecular formula is C12H12F3IO. The van der Waals surface area contributed by atoms with Crippen molar-refractivity contribution in [3.8, 4) is 5.75 Å². The highest BCUT2D eigenvalue weighted by atomic mass is 127. The molecule has 1 unspecified atom stereocenters. The highest BCUT2D eigenvalue weighted by molar-refractivity contribution is 14.1. The average Bonchev–Trinajstić information content (AvgIpc) is 2.16. The molecule has 2 rings (SSSR count). The molecule has 1 atom stereocenters. The molecule has 0 radical (unpaired) electrons. The summed E-state index contributed by atoms with van der Waals surface area (Å²) >= 11 is 2.30. The third-order valence-electron chi connectivity index (χ3n) is 2.99. The Balaban J connectivity index is 2.43. The lowest BCUT2D eigenvalue weighted by Crippen LogP contribution is -2.23. The molecule has 5 heteroatoms. The Morgan fingerprint density at radius 3 is 2.71 bits per heavy atom. The van der Waals surface area contributed by atoms with Gasteiger partial charge >= 0.3 is 6.36 Å². The highest BCUT2D eigenvalue weighted by Crippen LogP contribution is 2.45. The Morgan fingerprint density at radius 2 is 2.06 bits per heavy atom. The standard InChI is InChI=1S/C12H12F3IO/c1-11(16)7-3-4-8-9(11)5-2-6-10(8)17-12(13,14)15/h2,5-6H,3-4,7H2,1H3. The van der Waals surface area contributed by atoms with E-state index in [2.05, 4.69) is 27.3 Å². The van der Waals surface area contributed by atoms with Crippen molar-refractivity contribution in [3.05, 3.63) is 29.3 Å². The normalized spacial score (nSPS) is 24.3. The molecule has 1 aliphatic carbocycles. The summed E-state index contributed by atoms with van der Waals surface area (Å²) in [6.45, 7) is 2.04. The van der Waals surface area contributed by atoms with Crippen molar-refractivity contribution in [2.24, 2.45) is 0 Å². The van der Waals surface area contributed by atoms with E-state index in [9.17, 15) is 13.2 Å². The largest absolute Gasteiger partial charge is 0.573 e. The molecule has 0 heterocycles. The maximum Gasteiger partial charge on any atom is 0.573 e. The van der Waals surface area contributed by atoms with Gasteiger partial charge in [0.05, 0.1) is 0 Å². The first-order valence-corrected chi connectivity index (χ1v) is 6.44. The van der Waals surface area contributed by atoms with Gasteiger partial charge in [-0.25, -0.2) is 0 Å². The predicted octanol–water partition coefficient (Wildman–Crippen LogP) is 4.57. The third-order valence-corrected chi connectivity index (χ3v) is 4.11. The van der Waals surface area contributed by atoms with Gasteiger partial charge in [0.25, 0.3) is 0 Å². The minimum atomic E-state index is -4.62. The molecule has 0 aliphatic heterocycles. The lowest BCUT2D eigenvalue weighted by Gasteiger charge is -2.31. The Kier molecular flexibility index (Phi) is 3.31. The Bertz CT molecular complexity index is 426. The van der Waals surface area contributed by atoms with Crippen LogP contribution in [0.3, 0.4) is 0 Å². The Morgan fingerprint density at radius 1 is 1.35 bits per heavy atom. The number of benzene rings is 1. The summed E-state index contributed by atoms with van der Waals surface area (Å²) in [4.78, 5) is 0. The molecule has 0 saturated carbocycles. The quantitative estimate of drug-likeness (QED) is 0.529. The summed E-state index contributed by atoms with van der Waals surface area (Å²) in [6, 6.07) is 4.91. The fourth-order valence-electron chi connectivity index (χ4n) is 2.26. The van der Waals surface area contributed by atoms with Gasteiger partial charge in [-0.2, -0.15) is 0 Å². The Hall–Kier alpha value is -0.460. The smallest absolute Gasteiger partial charge is 0.405 e. The van der Waals surface area contributed by atoms with E-state index in [1.54, 1.807) is 6.07 Å². The van der Waals surface area contributed by atoms with Gasteiger partial charge in [0.1, 0.15) is 5.75 Å². The van der Waals surface area contributed by atoms with Crippen LogP contribution in [0.1, 0.15) is 30.9 Å². The van der Waals surface area contributed by atoms with Crippen LogP contribution in [0.25, 0.3) is 0 Å². The van der Waals surface area contributed by atoms with E-state index in [1.807, 2.05) is 13.0 Å². The third kappa shape index (κ3) is 2.86. The van der Waals surface area contributed by atoms with E-state index in [0.717, 1.165) is 18.4 Å². The van der Waals surface area contributed by atoms with Crippen LogP contribution in [0, 0.1) is 0 Å².